The van der Waals surface area contributed by atoms with Gasteiger partial charge in [-0.25, -0.2) is 0 Å². The molecule has 0 aromatic heterocycles. The molecule has 6 heteroatoms. The van der Waals surface area contributed by atoms with E-state index < -0.39 is 10.1 Å². The van der Waals surface area contributed by atoms with E-state index in [9.17, 15) is 8.42 Å². The Morgan fingerprint density at radius 1 is 1.25 bits per heavy atom. The number of rotatable bonds is 2. The van der Waals surface area contributed by atoms with E-state index in [1.165, 1.54) is 35.1 Å². The maximum Gasteiger partial charge on any atom is 0.306 e. The second kappa shape index (κ2) is 4.03. The van der Waals surface area contributed by atoms with Gasteiger partial charge < -0.3 is 0 Å². The molecule has 1 rings (SSSR count). The first-order valence-corrected chi connectivity index (χ1v) is 5.95. The predicted octanol–water partition coefficient (Wildman–Crippen LogP) is 2.50. The normalized spacial score (nSPS) is 11.5. The summed E-state index contributed by atoms with van der Waals surface area (Å²) in [6, 6.07) is 6.22. The first-order chi connectivity index (χ1) is 5.56. The summed E-state index contributed by atoms with van der Waals surface area (Å²) in [4.78, 5) is 0.153. The van der Waals surface area contributed by atoms with E-state index in [1.54, 1.807) is 12.1 Å². The molecule has 0 bridgehead atoms. The zero-order chi connectivity index (χ0) is 9.19. The summed E-state index contributed by atoms with van der Waals surface area (Å²) < 4.78 is 27.3. The van der Waals surface area contributed by atoms with Crippen molar-refractivity contribution in [2.24, 2.45) is 0 Å². The summed E-state index contributed by atoms with van der Waals surface area (Å²) in [7, 11) is -3.55. The molecule has 3 nitrogen and oxygen atoms in total. The monoisotopic (exact) mass is 362 g/mol. The van der Waals surface area contributed by atoms with Crippen molar-refractivity contribution in [1.29, 1.82) is 0 Å². The van der Waals surface area contributed by atoms with Gasteiger partial charge in [0, 0.05) is 4.47 Å². The lowest BCUT2D eigenvalue weighted by molar-refractivity contribution is 0.536. The molecule has 0 fully saturated rings. The van der Waals surface area contributed by atoms with Crippen LogP contribution < -0.4 is 0 Å². The Morgan fingerprint density at radius 2 is 1.75 bits per heavy atom. The molecule has 0 heterocycles. The van der Waals surface area contributed by atoms with E-state index in [-0.39, 0.29) is 4.90 Å². The molecule has 0 radical (unpaired) electrons. The summed E-state index contributed by atoms with van der Waals surface area (Å²) in [5, 5.41) is 0. The third kappa shape index (κ3) is 2.41. The van der Waals surface area contributed by atoms with Gasteiger partial charge in [-0.05, 0) is 24.3 Å². The highest BCUT2D eigenvalue weighted by atomic mass is 127. The molecule has 12 heavy (non-hydrogen) atoms. The van der Waals surface area contributed by atoms with E-state index >= 15 is 0 Å². The Balaban J connectivity index is 3.14. The minimum atomic E-state index is -3.55. The van der Waals surface area contributed by atoms with Crippen LogP contribution in [0.3, 0.4) is 0 Å². The minimum Gasteiger partial charge on any atom is -0.195 e. The van der Waals surface area contributed by atoms with Gasteiger partial charge in [0.15, 0.2) is 0 Å². The average molecular weight is 363 g/mol. The van der Waals surface area contributed by atoms with E-state index in [0.29, 0.717) is 0 Å². The number of benzene rings is 1. The second-order valence-corrected chi connectivity index (χ2v) is 5.47. The van der Waals surface area contributed by atoms with Crippen LogP contribution in [0.15, 0.2) is 33.6 Å². The van der Waals surface area contributed by atoms with Crippen molar-refractivity contribution in [2.75, 3.05) is 0 Å². The van der Waals surface area contributed by atoms with Gasteiger partial charge in [0.2, 0.25) is 0 Å². The van der Waals surface area contributed by atoms with E-state index in [1.807, 2.05) is 0 Å². The number of hydrogen-bond donors (Lipinski definition) is 0. The molecule has 0 spiro atoms. The van der Waals surface area contributed by atoms with Crippen LogP contribution in [0.1, 0.15) is 0 Å². The van der Waals surface area contributed by atoms with Crippen molar-refractivity contribution >= 4 is 49.1 Å². The van der Waals surface area contributed by atoms with Crippen molar-refractivity contribution in [3.05, 3.63) is 28.7 Å². The zero-order valence-corrected chi connectivity index (χ0v) is 10.3. The molecule has 1 aromatic rings. The Hall–Kier alpha value is 0.340. The molecule has 0 unspecified atom stereocenters. The Bertz CT molecular complexity index is 359. The zero-order valence-electron chi connectivity index (χ0n) is 5.70. The molecule has 0 saturated heterocycles. The van der Waals surface area contributed by atoms with Crippen LogP contribution in [0.5, 0.6) is 0 Å². The molecule has 66 valence electrons. The van der Waals surface area contributed by atoms with E-state index in [4.69, 9.17) is 0 Å². The summed E-state index contributed by atoms with van der Waals surface area (Å²) in [5.41, 5.74) is 0. The van der Waals surface area contributed by atoms with E-state index in [2.05, 4.69) is 18.4 Å². The summed E-state index contributed by atoms with van der Waals surface area (Å²) in [5.74, 6) is 0. The quantitative estimate of drug-likeness (QED) is 0.759. The summed E-state index contributed by atoms with van der Waals surface area (Å²) in [6.45, 7) is 0. The van der Waals surface area contributed by atoms with Crippen LogP contribution >= 0.6 is 38.9 Å². The van der Waals surface area contributed by atoms with Crippen molar-refractivity contribution < 1.29 is 10.9 Å². The van der Waals surface area contributed by atoms with Crippen molar-refractivity contribution in [1.82, 2.24) is 0 Å². The summed E-state index contributed by atoms with van der Waals surface area (Å²) >= 11 is 4.54. The van der Waals surface area contributed by atoms with Gasteiger partial charge in [-0.15, -0.1) is 0 Å². The van der Waals surface area contributed by atoms with Gasteiger partial charge in [0.05, 0.1) is 4.90 Å². The fourth-order valence-corrected chi connectivity index (χ4v) is 2.07. The smallest absolute Gasteiger partial charge is 0.195 e. The largest absolute Gasteiger partial charge is 0.306 e. The topological polar surface area (TPSA) is 43.4 Å². The van der Waals surface area contributed by atoms with Gasteiger partial charge in [-0.2, -0.15) is 10.9 Å². The maximum absolute atomic E-state index is 11.1. The maximum atomic E-state index is 11.1. The van der Waals surface area contributed by atoms with Crippen molar-refractivity contribution in [3.8, 4) is 0 Å². The highest BCUT2D eigenvalue weighted by Gasteiger charge is 2.12. The van der Waals surface area contributed by atoms with Crippen molar-refractivity contribution in [2.45, 2.75) is 4.90 Å². The lowest BCUT2D eigenvalue weighted by Gasteiger charge is -1.98. The van der Waals surface area contributed by atoms with Gasteiger partial charge in [-0.1, -0.05) is 15.9 Å². The van der Waals surface area contributed by atoms with Crippen LogP contribution in [0, 0.1) is 0 Å². The summed E-state index contributed by atoms with van der Waals surface area (Å²) in [6.07, 6.45) is 0. The Morgan fingerprint density at radius 3 is 2.17 bits per heavy atom. The third-order valence-corrected chi connectivity index (χ3v) is 4.15. The van der Waals surface area contributed by atoms with Crippen molar-refractivity contribution in [3.63, 3.8) is 0 Å². The van der Waals surface area contributed by atoms with Crippen LogP contribution in [-0.4, -0.2) is 8.42 Å². The van der Waals surface area contributed by atoms with E-state index in [0.717, 1.165) is 4.47 Å². The van der Waals surface area contributed by atoms with Crippen LogP contribution in [-0.2, 0) is 12.6 Å². The minimum absolute atomic E-state index is 0.153. The SMILES string of the molecule is O=S(=O)(OI)c1ccc(Br)cc1. The lowest BCUT2D eigenvalue weighted by Crippen LogP contribution is -1.98. The van der Waals surface area contributed by atoms with Crippen LogP contribution in [0.25, 0.3) is 0 Å². The van der Waals surface area contributed by atoms with Crippen LogP contribution in [0.4, 0.5) is 0 Å². The second-order valence-electron chi connectivity index (χ2n) is 1.97. The lowest BCUT2D eigenvalue weighted by atomic mass is 10.4. The van der Waals surface area contributed by atoms with Crippen LogP contribution in [0.2, 0.25) is 0 Å². The van der Waals surface area contributed by atoms with Gasteiger partial charge in [0.1, 0.15) is 23.0 Å². The molecule has 0 saturated carbocycles. The molecule has 0 aliphatic carbocycles. The number of halogens is 2. The van der Waals surface area contributed by atoms with Gasteiger partial charge >= 0.3 is 10.1 Å². The Kier molecular flexibility index (Phi) is 3.50. The van der Waals surface area contributed by atoms with Gasteiger partial charge in [0.25, 0.3) is 0 Å². The predicted molar refractivity (Wildman–Crippen MR) is 56.4 cm³/mol. The fourth-order valence-electron chi connectivity index (χ4n) is 0.638. The molecule has 0 atom stereocenters. The average Bonchev–Trinajstić information content (AvgIpc) is 2.05. The molecule has 0 aliphatic heterocycles. The molecule has 1 aromatic carbocycles. The highest BCUT2D eigenvalue weighted by molar-refractivity contribution is 14.1. The first kappa shape index (κ1) is 10.4. The highest BCUT2D eigenvalue weighted by Crippen LogP contribution is 2.17. The molecule has 0 amide bonds. The fraction of sp³-hybridized carbons (Fsp3) is 0. The Labute approximate surface area is 93.1 Å². The molecule has 0 aliphatic rings. The molecular formula is C6H4BrIO3S. The first-order valence-electron chi connectivity index (χ1n) is 2.87. The number of hydrogen-bond acceptors (Lipinski definition) is 3. The third-order valence-electron chi connectivity index (χ3n) is 1.19. The molecule has 0 N–H and O–H groups in total. The molecular weight excluding hydrogens is 359 g/mol. The van der Waals surface area contributed by atoms with Gasteiger partial charge in [-0.3, -0.25) is 0 Å². The standard InChI is InChI=1S/C6H4BrIO3S/c7-5-1-3-6(4-2-5)12(9,10)11-8/h1-4H.